The normalized spacial score (nSPS) is 15.8. The van der Waals surface area contributed by atoms with E-state index >= 15 is 0 Å². The molecule has 2 heterocycles. The zero-order valence-electron chi connectivity index (χ0n) is 15.6. The molecule has 1 saturated heterocycles. The van der Waals surface area contributed by atoms with Gasteiger partial charge in [0, 0.05) is 36.9 Å². The van der Waals surface area contributed by atoms with Gasteiger partial charge < -0.3 is 15.5 Å². The van der Waals surface area contributed by atoms with Crippen LogP contribution >= 0.6 is 11.3 Å². The average Bonchev–Trinajstić information content (AvgIpc) is 3.10. The number of halogens is 1. The molecule has 0 aliphatic carbocycles. The zero-order chi connectivity index (χ0) is 20.3. The third-order valence-corrected chi connectivity index (χ3v) is 5.38. The van der Waals surface area contributed by atoms with Crippen molar-refractivity contribution in [3.63, 3.8) is 0 Å². The van der Waals surface area contributed by atoms with Crippen molar-refractivity contribution in [2.45, 2.75) is 32.2 Å². The minimum absolute atomic E-state index is 0.00586. The molecule has 0 spiro atoms. The average molecular weight is 404 g/mol. The van der Waals surface area contributed by atoms with Gasteiger partial charge in [-0.05, 0) is 26.0 Å². The Bertz CT molecular complexity index is 912. The minimum atomic E-state index is -0.935. The van der Waals surface area contributed by atoms with Crippen molar-refractivity contribution in [2.24, 2.45) is 0 Å². The van der Waals surface area contributed by atoms with Crippen LogP contribution in [0.5, 0.6) is 0 Å². The first-order valence-corrected chi connectivity index (χ1v) is 9.76. The lowest BCUT2D eigenvalue weighted by Gasteiger charge is -2.41. The summed E-state index contributed by atoms with van der Waals surface area (Å²) < 4.78 is 13.8. The number of amides is 3. The van der Waals surface area contributed by atoms with E-state index in [1.165, 1.54) is 22.3 Å². The smallest absolute Gasteiger partial charge is 0.245 e. The van der Waals surface area contributed by atoms with Gasteiger partial charge in [0.15, 0.2) is 5.13 Å². The summed E-state index contributed by atoms with van der Waals surface area (Å²) in [7, 11) is 0. The van der Waals surface area contributed by atoms with Crippen molar-refractivity contribution >= 4 is 34.2 Å². The van der Waals surface area contributed by atoms with E-state index in [4.69, 9.17) is 0 Å². The SMILES string of the molecule is CC1(C)C(=O)NCCN1C(=O)CCC(=O)Nc1nc(-c2ccccc2F)cs1. The van der Waals surface area contributed by atoms with Crippen LogP contribution in [-0.4, -0.2) is 46.2 Å². The van der Waals surface area contributed by atoms with E-state index in [0.717, 1.165) is 0 Å². The molecule has 1 aromatic carbocycles. The van der Waals surface area contributed by atoms with Crippen LogP contribution in [0.4, 0.5) is 9.52 Å². The zero-order valence-corrected chi connectivity index (χ0v) is 16.4. The Kier molecular flexibility index (Phi) is 5.73. The third kappa shape index (κ3) is 4.19. The molecule has 7 nitrogen and oxygen atoms in total. The fourth-order valence-electron chi connectivity index (χ4n) is 3.00. The topological polar surface area (TPSA) is 91.4 Å². The number of anilines is 1. The minimum Gasteiger partial charge on any atom is -0.352 e. The van der Waals surface area contributed by atoms with Gasteiger partial charge in [0.05, 0.1) is 5.69 Å². The highest BCUT2D eigenvalue weighted by Gasteiger charge is 2.40. The number of thiazole rings is 1. The van der Waals surface area contributed by atoms with Crippen LogP contribution in [0.3, 0.4) is 0 Å². The molecule has 148 valence electrons. The molecule has 1 aliphatic heterocycles. The van der Waals surface area contributed by atoms with Gasteiger partial charge in [-0.3, -0.25) is 14.4 Å². The van der Waals surface area contributed by atoms with E-state index in [1.807, 2.05) is 0 Å². The Labute approximate surface area is 166 Å². The molecule has 1 aromatic heterocycles. The lowest BCUT2D eigenvalue weighted by molar-refractivity contribution is -0.149. The van der Waals surface area contributed by atoms with Crippen LogP contribution in [0.25, 0.3) is 11.3 Å². The van der Waals surface area contributed by atoms with E-state index in [-0.39, 0.29) is 36.4 Å². The molecule has 0 unspecified atom stereocenters. The predicted molar refractivity (Wildman–Crippen MR) is 104 cm³/mol. The molecule has 3 amide bonds. The van der Waals surface area contributed by atoms with E-state index in [9.17, 15) is 18.8 Å². The highest BCUT2D eigenvalue weighted by molar-refractivity contribution is 7.14. The van der Waals surface area contributed by atoms with Crippen LogP contribution < -0.4 is 10.6 Å². The Hall–Kier alpha value is -2.81. The predicted octanol–water partition coefficient (Wildman–Crippen LogP) is 2.40. The van der Waals surface area contributed by atoms with Gasteiger partial charge in [-0.1, -0.05) is 12.1 Å². The molecule has 1 fully saturated rings. The highest BCUT2D eigenvalue weighted by Crippen LogP contribution is 2.27. The second-order valence-electron chi connectivity index (χ2n) is 6.93. The first-order chi connectivity index (χ1) is 13.3. The molecule has 0 atom stereocenters. The van der Waals surface area contributed by atoms with Crippen molar-refractivity contribution in [3.05, 3.63) is 35.5 Å². The molecule has 2 aromatic rings. The fraction of sp³-hybridized carbons (Fsp3) is 0.368. The van der Waals surface area contributed by atoms with Gasteiger partial charge in [-0.2, -0.15) is 0 Å². The number of rotatable bonds is 5. The van der Waals surface area contributed by atoms with Crippen molar-refractivity contribution in [3.8, 4) is 11.3 Å². The van der Waals surface area contributed by atoms with E-state index in [1.54, 1.807) is 37.4 Å². The molecule has 0 bridgehead atoms. The van der Waals surface area contributed by atoms with Crippen molar-refractivity contribution in [2.75, 3.05) is 18.4 Å². The number of hydrogen-bond donors (Lipinski definition) is 2. The van der Waals surface area contributed by atoms with Gasteiger partial charge in [0.2, 0.25) is 17.7 Å². The second kappa shape index (κ2) is 8.05. The van der Waals surface area contributed by atoms with Crippen LogP contribution in [0, 0.1) is 5.82 Å². The van der Waals surface area contributed by atoms with E-state index in [2.05, 4.69) is 15.6 Å². The molecule has 0 saturated carbocycles. The molecule has 0 radical (unpaired) electrons. The van der Waals surface area contributed by atoms with Crippen LogP contribution in [0.1, 0.15) is 26.7 Å². The number of piperazine rings is 1. The summed E-state index contributed by atoms with van der Waals surface area (Å²) in [6, 6.07) is 6.27. The van der Waals surface area contributed by atoms with Crippen LogP contribution in [0.2, 0.25) is 0 Å². The second-order valence-corrected chi connectivity index (χ2v) is 7.78. The van der Waals surface area contributed by atoms with Gasteiger partial charge in [-0.25, -0.2) is 9.37 Å². The van der Waals surface area contributed by atoms with Crippen LogP contribution in [-0.2, 0) is 14.4 Å². The Morgan fingerprint density at radius 2 is 2.07 bits per heavy atom. The molecular formula is C19H21FN4O3S. The number of aromatic nitrogens is 1. The number of hydrogen-bond acceptors (Lipinski definition) is 5. The lowest BCUT2D eigenvalue weighted by Crippen LogP contribution is -2.63. The maximum atomic E-state index is 13.8. The Morgan fingerprint density at radius 1 is 1.32 bits per heavy atom. The number of benzene rings is 1. The van der Waals surface area contributed by atoms with Gasteiger partial charge >= 0.3 is 0 Å². The first kappa shape index (κ1) is 19.9. The summed E-state index contributed by atoms with van der Waals surface area (Å²) in [5.74, 6) is -1.20. The monoisotopic (exact) mass is 404 g/mol. The summed E-state index contributed by atoms with van der Waals surface area (Å²) >= 11 is 1.19. The number of carbonyl (C=O) groups is 3. The fourth-order valence-corrected chi connectivity index (χ4v) is 3.72. The van der Waals surface area contributed by atoms with Gasteiger partial charge in [0.1, 0.15) is 11.4 Å². The van der Waals surface area contributed by atoms with E-state index < -0.39 is 5.54 Å². The molecule has 9 heteroatoms. The quantitative estimate of drug-likeness (QED) is 0.801. The van der Waals surface area contributed by atoms with Crippen molar-refractivity contribution in [1.82, 2.24) is 15.2 Å². The van der Waals surface area contributed by atoms with Gasteiger partial charge in [0.25, 0.3) is 0 Å². The molecule has 2 N–H and O–H groups in total. The summed E-state index contributed by atoms with van der Waals surface area (Å²) in [4.78, 5) is 42.3. The maximum Gasteiger partial charge on any atom is 0.245 e. The molecule has 3 rings (SSSR count). The highest BCUT2D eigenvalue weighted by atomic mass is 32.1. The number of carbonyl (C=O) groups excluding carboxylic acids is 3. The Morgan fingerprint density at radius 3 is 2.82 bits per heavy atom. The summed E-state index contributed by atoms with van der Waals surface area (Å²) in [5.41, 5.74) is -0.133. The maximum absolute atomic E-state index is 13.8. The van der Waals surface area contributed by atoms with E-state index in [0.29, 0.717) is 29.5 Å². The van der Waals surface area contributed by atoms with Crippen molar-refractivity contribution in [1.29, 1.82) is 0 Å². The standard InChI is InChI=1S/C19H21FN4O3S/c1-19(2)17(27)21-9-10-24(19)16(26)8-7-15(25)23-18-22-14(11-28-18)12-5-3-4-6-13(12)20/h3-6,11H,7-10H2,1-2H3,(H,21,27)(H,22,23,25). The van der Waals surface area contributed by atoms with Crippen LogP contribution in [0.15, 0.2) is 29.6 Å². The summed E-state index contributed by atoms with van der Waals surface area (Å²) in [5, 5.41) is 7.37. The van der Waals surface area contributed by atoms with Crippen molar-refractivity contribution < 1.29 is 18.8 Å². The number of nitrogens with zero attached hydrogens (tertiary/aromatic N) is 2. The first-order valence-electron chi connectivity index (χ1n) is 8.88. The Balaban J connectivity index is 1.56. The third-order valence-electron chi connectivity index (χ3n) is 4.62. The number of nitrogens with one attached hydrogen (secondary N) is 2. The van der Waals surface area contributed by atoms with Gasteiger partial charge in [-0.15, -0.1) is 11.3 Å². The largest absolute Gasteiger partial charge is 0.352 e. The molecule has 28 heavy (non-hydrogen) atoms. The lowest BCUT2D eigenvalue weighted by atomic mass is 9.98. The molecule has 1 aliphatic rings. The summed E-state index contributed by atoms with van der Waals surface area (Å²) in [6.45, 7) is 4.17. The molecular weight excluding hydrogens is 383 g/mol. The summed E-state index contributed by atoms with van der Waals surface area (Å²) in [6.07, 6.45) is -0.0320.